The van der Waals surface area contributed by atoms with Crippen LogP contribution in [0, 0.1) is 5.41 Å². The molecule has 22 heavy (non-hydrogen) atoms. The maximum absolute atomic E-state index is 13.0. The maximum Gasteiger partial charge on any atom is 0.435 e. The highest BCUT2D eigenvalue weighted by Crippen LogP contribution is 2.53. The zero-order valence-electron chi connectivity index (χ0n) is 11.6. The van der Waals surface area contributed by atoms with Crippen LogP contribution in [0.2, 0.25) is 0 Å². The number of alkyl halides is 3. The van der Waals surface area contributed by atoms with Gasteiger partial charge in [0.25, 0.3) is 5.91 Å². The number of carboxylic acids is 1. The zero-order valence-corrected chi connectivity index (χ0v) is 11.6. The van der Waals surface area contributed by atoms with Gasteiger partial charge in [-0.15, -0.1) is 5.10 Å². The molecule has 1 aromatic heterocycles. The molecule has 1 atom stereocenters. The third-order valence-corrected chi connectivity index (χ3v) is 4.52. The van der Waals surface area contributed by atoms with Crippen molar-refractivity contribution in [2.45, 2.75) is 31.5 Å². The van der Waals surface area contributed by atoms with Gasteiger partial charge in [0, 0.05) is 19.0 Å². The summed E-state index contributed by atoms with van der Waals surface area (Å²) in [6.07, 6.45) is -2.59. The molecule has 1 aliphatic carbocycles. The molecule has 1 aromatic rings. The predicted octanol–water partition coefficient (Wildman–Crippen LogP) is 0.913. The molecule has 1 saturated heterocycles. The highest BCUT2D eigenvalue weighted by molar-refractivity contribution is 5.97. The van der Waals surface area contributed by atoms with Gasteiger partial charge in [0.2, 0.25) is 0 Å². The number of carbonyl (C=O) groups excluding carboxylic acids is 1. The van der Waals surface area contributed by atoms with Gasteiger partial charge in [-0.2, -0.15) is 13.2 Å². The van der Waals surface area contributed by atoms with Gasteiger partial charge in [-0.3, -0.25) is 4.79 Å². The molecule has 0 bridgehead atoms. The molecule has 1 saturated carbocycles. The van der Waals surface area contributed by atoms with Gasteiger partial charge in [-0.1, -0.05) is 11.6 Å². The summed E-state index contributed by atoms with van der Waals surface area (Å²) in [6.45, 7) is 0.149. The monoisotopic (exact) mass is 318 g/mol. The minimum absolute atomic E-state index is 0.149. The number of rotatable bonds is 2. The zero-order chi connectivity index (χ0) is 16.3. The van der Waals surface area contributed by atoms with E-state index < -0.39 is 40.9 Å². The van der Waals surface area contributed by atoms with E-state index in [-0.39, 0.29) is 6.54 Å². The Kier molecular flexibility index (Phi) is 2.98. The lowest BCUT2D eigenvalue weighted by atomic mass is 9.58. The summed E-state index contributed by atoms with van der Waals surface area (Å²) in [5.41, 5.74) is -2.60. The summed E-state index contributed by atoms with van der Waals surface area (Å²) in [7, 11) is 1.03. The van der Waals surface area contributed by atoms with Crippen LogP contribution in [0.1, 0.15) is 35.4 Å². The second-order valence-corrected chi connectivity index (χ2v) is 5.80. The smallest absolute Gasteiger partial charge is 0.435 e. The van der Waals surface area contributed by atoms with Crippen LogP contribution in [-0.4, -0.2) is 49.5 Å². The molecule has 120 valence electrons. The summed E-state index contributed by atoms with van der Waals surface area (Å²) >= 11 is 0. The van der Waals surface area contributed by atoms with Crippen LogP contribution in [0.5, 0.6) is 0 Å². The highest BCUT2D eigenvalue weighted by atomic mass is 19.4. The first kappa shape index (κ1) is 14.8. The molecule has 1 amide bonds. The first-order chi connectivity index (χ1) is 10.2. The van der Waals surface area contributed by atoms with Crippen molar-refractivity contribution < 1.29 is 27.9 Å². The first-order valence-corrected chi connectivity index (χ1v) is 6.68. The van der Waals surface area contributed by atoms with Gasteiger partial charge in [-0.05, 0) is 12.8 Å². The summed E-state index contributed by atoms with van der Waals surface area (Å²) in [5.74, 6) is -2.23. The van der Waals surface area contributed by atoms with E-state index in [0.29, 0.717) is 17.5 Å². The lowest BCUT2D eigenvalue weighted by Gasteiger charge is -2.60. The van der Waals surface area contributed by atoms with Crippen molar-refractivity contribution in [1.29, 1.82) is 0 Å². The first-order valence-electron chi connectivity index (χ1n) is 6.68. The van der Waals surface area contributed by atoms with Gasteiger partial charge in [-0.25, -0.2) is 9.48 Å². The number of aryl methyl sites for hydroxylation is 1. The number of hydrogen-bond donors (Lipinski definition) is 1. The molecule has 1 spiro atoms. The van der Waals surface area contributed by atoms with E-state index in [4.69, 9.17) is 0 Å². The van der Waals surface area contributed by atoms with Crippen molar-refractivity contribution in [2.24, 2.45) is 12.5 Å². The van der Waals surface area contributed by atoms with E-state index in [1.807, 2.05) is 0 Å². The van der Waals surface area contributed by atoms with Gasteiger partial charge in [0.15, 0.2) is 11.4 Å². The van der Waals surface area contributed by atoms with E-state index in [1.165, 1.54) is 0 Å². The highest BCUT2D eigenvalue weighted by Gasteiger charge is 2.61. The molecule has 2 fully saturated rings. The Morgan fingerprint density at radius 2 is 2.00 bits per heavy atom. The number of nitrogens with zero attached hydrogens (tertiary/aromatic N) is 4. The number of likely N-dealkylation sites (tertiary alicyclic amines) is 1. The summed E-state index contributed by atoms with van der Waals surface area (Å²) in [4.78, 5) is 24.6. The van der Waals surface area contributed by atoms with E-state index in [1.54, 1.807) is 0 Å². The Morgan fingerprint density at radius 3 is 2.45 bits per heavy atom. The lowest BCUT2D eigenvalue weighted by molar-refractivity contribution is -0.169. The molecule has 1 aliphatic heterocycles. The standard InChI is InChI=1S/C12H13F3N4O3/c1-18-7(12(13,14)15)6(16-17-18)9(20)19-5-11(3-2-4-11)8(19)10(21)22/h8H,2-5H2,1H3,(H,21,22). The normalized spacial score (nSPS) is 23.1. The Bertz CT molecular complexity index is 651. The number of amides is 1. The Hall–Kier alpha value is -2.13. The number of carboxylic acid groups (broad SMARTS) is 1. The van der Waals surface area contributed by atoms with Gasteiger partial charge in [0.05, 0.1) is 0 Å². The number of aromatic nitrogens is 3. The van der Waals surface area contributed by atoms with Crippen LogP contribution in [-0.2, 0) is 18.0 Å². The van der Waals surface area contributed by atoms with Crippen LogP contribution < -0.4 is 0 Å². The fraction of sp³-hybridized carbons (Fsp3) is 0.667. The van der Waals surface area contributed by atoms with Crippen LogP contribution >= 0.6 is 0 Å². The lowest BCUT2D eigenvalue weighted by Crippen LogP contribution is -2.71. The molecule has 10 heteroatoms. The van der Waals surface area contributed by atoms with Crippen LogP contribution in [0.3, 0.4) is 0 Å². The molecule has 0 radical (unpaired) electrons. The fourth-order valence-electron chi connectivity index (χ4n) is 3.34. The van der Waals surface area contributed by atoms with E-state index in [0.717, 1.165) is 18.4 Å². The van der Waals surface area contributed by atoms with Crippen LogP contribution in [0.15, 0.2) is 0 Å². The quantitative estimate of drug-likeness (QED) is 0.876. The van der Waals surface area contributed by atoms with Crippen molar-refractivity contribution in [1.82, 2.24) is 19.9 Å². The number of halogens is 3. The molecule has 2 heterocycles. The number of aliphatic carboxylic acids is 1. The third-order valence-electron chi connectivity index (χ3n) is 4.52. The van der Waals surface area contributed by atoms with Crippen molar-refractivity contribution in [3.8, 4) is 0 Å². The molecular weight excluding hydrogens is 305 g/mol. The molecule has 1 N–H and O–H groups in total. The van der Waals surface area contributed by atoms with Crippen LogP contribution in [0.25, 0.3) is 0 Å². The predicted molar refractivity (Wildman–Crippen MR) is 64.7 cm³/mol. The summed E-state index contributed by atoms with van der Waals surface area (Å²) in [5, 5.41) is 15.8. The second kappa shape index (κ2) is 4.43. The third kappa shape index (κ3) is 1.89. The van der Waals surface area contributed by atoms with Crippen molar-refractivity contribution in [2.75, 3.05) is 6.54 Å². The molecule has 7 nitrogen and oxygen atoms in total. The number of carbonyl (C=O) groups is 2. The van der Waals surface area contributed by atoms with E-state index in [9.17, 15) is 27.9 Å². The Labute approximate surface area is 122 Å². The van der Waals surface area contributed by atoms with E-state index in [2.05, 4.69) is 10.3 Å². The molecule has 0 aromatic carbocycles. The molecule has 2 aliphatic rings. The van der Waals surface area contributed by atoms with Crippen molar-refractivity contribution >= 4 is 11.9 Å². The average Bonchev–Trinajstić information content (AvgIpc) is 2.66. The maximum atomic E-state index is 13.0. The van der Waals surface area contributed by atoms with Crippen molar-refractivity contribution in [3.63, 3.8) is 0 Å². The Morgan fingerprint density at radius 1 is 1.36 bits per heavy atom. The summed E-state index contributed by atoms with van der Waals surface area (Å²) in [6, 6.07) is -1.09. The average molecular weight is 318 g/mol. The topological polar surface area (TPSA) is 88.3 Å². The Balaban J connectivity index is 1.91. The minimum Gasteiger partial charge on any atom is -0.480 e. The molecule has 3 rings (SSSR count). The number of hydrogen-bond acceptors (Lipinski definition) is 4. The summed E-state index contributed by atoms with van der Waals surface area (Å²) < 4.78 is 39.4. The SMILES string of the molecule is Cn1nnc(C(=O)N2CC3(CCC3)C2C(=O)O)c1C(F)(F)F. The van der Waals surface area contributed by atoms with Crippen LogP contribution in [0.4, 0.5) is 13.2 Å². The minimum atomic E-state index is -4.79. The van der Waals surface area contributed by atoms with Gasteiger partial charge in [0.1, 0.15) is 6.04 Å². The van der Waals surface area contributed by atoms with Gasteiger partial charge >= 0.3 is 12.1 Å². The van der Waals surface area contributed by atoms with E-state index >= 15 is 0 Å². The second-order valence-electron chi connectivity index (χ2n) is 5.80. The van der Waals surface area contributed by atoms with Crippen molar-refractivity contribution in [3.05, 3.63) is 11.4 Å². The fourth-order valence-corrected chi connectivity index (χ4v) is 3.34. The van der Waals surface area contributed by atoms with Gasteiger partial charge < -0.3 is 10.0 Å². The molecule has 1 unspecified atom stereocenters. The largest absolute Gasteiger partial charge is 0.480 e. The molecular formula is C12H13F3N4O3.